The Morgan fingerprint density at radius 3 is 2.49 bits per heavy atom. The molecule has 0 aromatic heterocycles. The van der Waals surface area contributed by atoms with Crippen LogP contribution in [0.1, 0.15) is 54.4 Å². The van der Waals surface area contributed by atoms with Crippen LogP contribution in [0.15, 0.2) is 42.5 Å². The molecular formula is C30H35ClF3N3O4. The molecule has 2 aromatic rings. The summed E-state index contributed by atoms with van der Waals surface area (Å²) in [5.74, 6) is -1.14. The summed E-state index contributed by atoms with van der Waals surface area (Å²) >= 11 is 6.44. The van der Waals surface area contributed by atoms with Gasteiger partial charge in [-0.15, -0.1) is 0 Å². The van der Waals surface area contributed by atoms with Crippen molar-refractivity contribution in [1.29, 1.82) is 0 Å². The summed E-state index contributed by atoms with van der Waals surface area (Å²) in [5, 5.41) is 14.1. The maximum absolute atomic E-state index is 14.1. The van der Waals surface area contributed by atoms with Gasteiger partial charge in [0.1, 0.15) is 5.75 Å². The lowest BCUT2D eigenvalue weighted by Gasteiger charge is -2.35. The van der Waals surface area contributed by atoms with E-state index >= 15 is 0 Å². The molecule has 1 aliphatic heterocycles. The Morgan fingerprint density at radius 2 is 1.88 bits per heavy atom. The van der Waals surface area contributed by atoms with Crippen LogP contribution in [0.4, 0.5) is 18.9 Å². The van der Waals surface area contributed by atoms with Crippen molar-refractivity contribution in [3.05, 3.63) is 58.6 Å². The minimum atomic E-state index is -5.21. The Labute approximate surface area is 242 Å². The molecular weight excluding hydrogens is 559 g/mol. The fourth-order valence-corrected chi connectivity index (χ4v) is 6.28. The smallest absolute Gasteiger partial charge is 0.430 e. The van der Waals surface area contributed by atoms with Gasteiger partial charge in [0.15, 0.2) is 0 Å². The molecule has 7 nitrogen and oxygen atoms in total. The Hall–Kier alpha value is -2.98. The molecule has 1 saturated heterocycles. The van der Waals surface area contributed by atoms with E-state index in [1.807, 2.05) is 12.1 Å². The van der Waals surface area contributed by atoms with Crippen LogP contribution in [0.3, 0.4) is 0 Å². The minimum absolute atomic E-state index is 0.108. The lowest BCUT2D eigenvalue weighted by atomic mass is 9.89. The number of methoxy groups -OCH3 is 1. The predicted molar refractivity (Wildman–Crippen MR) is 149 cm³/mol. The van der Waals surface area contributed by atoms with E-state index in [4.69, 9.17) is 16.3 Å². The number of benzene rings is 2. The van der Waals surface area contributed by atoms with E-state index in [-0.39, 0.29) is 29.7 Å². The number of rotatable bonds is 9. The molecule has 1 spiro atoms. The Morgan fingerprint density at radius 1 is 1.17 bits per heavy atom. The van der Waals surface area contributed by atoms with Gasteiger partial charge in [0.2, 0.25) is 0 Å². The average molecular weight is 594 g/mol. The van der Waals surface area contributed by atoms with Crippen molar-refractivity contribution >= 4 is 29.1 Å². The summed E-state index contributed by atoms with van der Waals surface area (Å²) in [7, 11) is 2.60. The lowest BCUT2D eigenvalue weighted by Crippen LogP contribution is -2.55. The largest absolute Gasteiger partial charge is 0.497 e. The van der Waals surface area contributed by atoms with Crippen LogP contribution in [0, 0.1) is 11.3 Å². The number of aliphatic hydroxyl groups is 1. The Bertz CT molecular complexity index is 1310. The molecule has 2 aromatic carbocycles. The highest BCUT2D eigenvalue weighted by Gasteiger charge is 2.62. The van der Waals surface area contributed by atoms with Crippen LogP contribution >= 0.6 is 11.6 Å². The number of hydrogen-bond donors (Lipinski definition) is 2. The van der Waals surface area contributed by atoms with Crippen molar-refractivity contribution < 1.29 is 32.6 Å². The zero-order valence-electron chi connectivity index (χ0n) is 23.1. The number of carbonyl (C=O) groups is 2. The molecule has 0 radical (unpaired) electrons. The van der Waals surface area contributed by atoms with Gasteiger partial charge in [0.05, 0.1) is 17.7 Å². The van der Waals surface area contributed by atoms with Crippen LogP contribution in [-0.2, 0) is 10.4 Å². The molecule has 11 heteroatoms. The number of nitrogens with one attached hydrogen (secondary N) is 1. The average Bonchev–Trinajstić information content (AvgIpc) is 3.88. The number of ether oxygens (including phenoxy) is 1. The number of likely N-dealkylation sites (N-methyl/N-ethyl adjacent to an activating group) is 1. The minimum Gasteiger partial charge on any atom is -0.497 e. The summed E-state index contributed by atoms with van der Waals surface area (Å²) < 4.78 is 47.2. The van der Waals surface area contributed by atoms with Crippen LogP contribution < -0.4 is 15.0 Å². The van der Waals surface area contributed by atoms with Crippen molar-refractivity contribution in [3.8, 4) is 5.75 Å². The van der Waals surface area contributed by atoms with Gasteiger partial charge in [-0.05, 0) is 80.2 Å². The SMILES string of the molecule is COc1cccc([C@@](O)(C(=O)N(C)CC[C@H]2CC23CCN(c2ccc(C(=O)NC4CC4)c(Cl)c2)CC3)C(F)(F)F)c1. The predicted octanol–water partition coefficient (Wildman–Crippen LogP) is 5.15. The second-order valence-electron chi connectivity index (χ2n) is 11.6. The Balaban J connectivity index is 1.16. The number of carbonyl (C=O) groups excluding carboxylic acids is 2. The first-order chi connectivity index (χ1) is 19.4. The number of alkyl halides is 3. The van der Waals surface area contributed by atoms with E-state index < -0.39 is 23.2 Å². The zero-order chi connectivity index (χ0) is 29.6. The topological polar surface area (TPSA) is 82.1 Å². The van der Waals surface area contributed by atoms with Crippen molar-refractivity contribution in [3.63, 3.8) is 0 Å². The molecule has 0 unspecified atom stereocenters. The monoisotopic (exact) mass is 593 g/mol. The van der Waals surface area contributed by atoms with Crippen molar-refractivity contribution in [1.82, 2.24) is 10.2 Å². The fourth-order valence-electron chi connectivity index (χ4n) is 6.02. The van der Waals surface area contributed by atoms with Crippen LogP contribution in [0.25, 0.3) is 0 Å². The van der Waals surface area contributed by atoms with Gasteiger partial charge in [-0.2, -0.15) is 13.2 Å². The second kappa shape index (κ2) is 11.0. The van der Waals surface area contributed by atoms with Crippen molar-refractivity contribution in [2.24, 2.45) is 11.3 Å². The summed E-state index contributed by atoms with van der Waals surface area (Å²) in [6, 6.07) is 10.6. The highest BCUT2D eigenvalue weighted by atomic mass is 35.5. The number of anilines is 1. The van der Waals surface area contributed by atoms with Crippen molar-refractivity contribution in [2.75, 3.05) is 38.7 Å². The van der Waals surface area contributed by atoms with Gasteiger partial charge in [-0.25, -0.2) is 0 Å². The van der Waals surface area contributed by atoms with Gasteiger partial charge in [-0.3, -0.25) is 9.59 Å². The first kappa shape index (κ1) is 29.5. The number of amides is 2. The third kappa shape index (κ3) is 5.86. The number of hydrogen-bond acceptors (Lipinski definition) is 5. The molecule has 41 heavy (non-hydrogen) atoms. The second-order valence-corrected chi connectivity index (χ2v) is 12.0. The van der Waals surface area contributed by atoms with E-state index in [2.05, 4.69) is 10.2 Å². The fraction of sp³-hybridized carbons (Fsp3) is 0.533. The first-order valence-electron chi connectivity index (χ1n) is 13.9. The Kier molecular flexibility index (Phi) is 7.93. The standard InChI is InChI=1S/C30H35ClF3N3O4/c1-36(27(39)29(40,30(32,33)34)19-4-3-5-23(16-19)41-2)13-10-20-18-28(20)11-14-37(15-12-28)22-8-9-24(25(31)17-22)26(38)35-21-6-7-21/h3-5,8-9,16-17,20-21,40H,6-7,10-15,18H2,1-2H3,(H,35,38)/t20-,29+/m0/s1. The van der Waals surface area contributed by atoms with E-state index in [0.717, 1.165) is 67.9 Å². The van der Waals surface area contributed by atoms with Gasteiger partial charge < -0.3 is 25.0 Å². The number of nitrogens with zero attached hydrogens (tertiary/aromatic N) is 2. The molecule has 2 saturated carbocycles. The molecule has 222 valence electrons. The normalized spacial score (nSPS) is 21.2. The number of piperidine rings is 1. The molecule has 2 aliphatic carbocycles. The zero-order valence-corrected chi connectivity index (χ0v) is 23.9. The van der Waals surface area contributed by atoms with Gasteiger partial charge in [-0.1, -0.05) is 23.7 Å². The maximum atomic E-state index is 14.1. The van der Waals surface area contributed by atoms with E-state index in [1.54, 1.807) is 6.07 Å². The van der Waals surface area contributed by atoms with Crippen LogP contribution in [0.2, 0.25) is 5.02 Å². The molecule has 2 N–H and O–H groups in total. The van der Waals surface area contributed by atoms with Gasteiger partial charge in [0, 0.05) is 44.0 Å². The van der Waals surface area contributed by atoms with Crippen LogP contribution in [0.5, 0.6) is 5.75 Å². The van der Waals surface area contributed by atoms with E-state index in [0.29, 0.717) is 22.9 Å². The molecule has 5 rings (SSSR count). The summed E-state index contributed by atoms with van der Waals surface area (Å²) in [6.07, 6.45) is 0.169. The summed E-state index contributed by atoms with van der Waals surface area (Å²) in [4.78, 5) is 28.6. The van der Waals surface area contributed by atoms with Gasteiger partial charge >= 0.3 is 6.18 Å². The van der Waals surface area contributed by atoms with Crippen LogP contribution in [-0.4, -0.2) is 67.8 Å². The maximum Gasteiger partial charge on any atom is 0.430 e. The highest BCUT2D eigenvalue weighted by molar-refractivity contribution is 6.34. The molecule has 2 amide bonds. The van der Waals surface area contributed by atoms with Crippen molar-refractivity contribution in [2.45, 2.75) is 56.3 Å². The van der Waals surface area contributed by atoms with Gasteiger partial charge in [0.25, 0.3) is 17.4 Å². The molecule has 3 aliphatic rings. The van der Waals surface area contributed by atoms with E-state index in [1.165, 1.54) is 26.3 Å². The third-order valence-corrected chi connectivity index (χ3v) is 9.27. The summed E-state index contributed by atoms with van der Waals surface area (Å²) in [5.41, 5.74) is -2.70. The molecule has 2 atom stereocenters. The lowest BCUT2D eigenvalue weighted by molar-refractivity contribution is -0.261. The summed E-state index contributed by atoms with van der Waals surface area (Å²) in [6.45, 7) is 1.72. The first-order valence-corrected chi connectivity index (χ1v) is 14.3. The molecule has 0 bridgehead atoms. The highest BCUT2D eigenvalue weighted by Crippen LogP contribution is 2.61. The molecule has 1 heterocycles. The third-order valence-electron chi connectivity index (χ3n) is 8.96. The molecule has 3 fully saturated rings. The number of halogens is 4. The van der Waals surface area contributed by atoms with E-state index in [9.17, 15) is 27.9 Å². The quantitative estimate of drug-likeness (QED) is 0.421.